The monoisotopic (exact) mass is 570 g/mol. The van der Waals surface area contributed by atoms with E-state index in [0.29, 0.717) is 39.5 Å². The molecule has 1 aliphatic rings. The lowest BCUT2D eigenvalue weighted by atomic mass is 10.1. The van der Waals surface area contributed by atoms with Gasteiger partial charge >= 0.3 is 0 Å². The highest BCUT2D eigenvalue weighted by atomic mass is 127. The summed E-state index contributed by atoms with van der Waals surface area (Å²) in [5.41, 5.74) is 2.51. The van der Waals surface area contributed by atoms with E-state index in [1.807, 2.05) is 6.07 Å². The first-order chi connectivity index (χ1) is 16.4. The van der Waals surface area contributed by atoms with Crippen molar-refractivity contribution < 1.29 is 23.5 Å². The number of hydrogen-bond donors (Lipinski definition) is 0. The third-order valence-electron chi connectivity index (χ3n) is 5.11. The van der Waals surface area contributed by atoms with E-state index in [1.54, 1.807) is 61.5 Å². The molecule has 0 saturated carbocycles. The molecule has 0 fully saturated rings. The average Bonchev–Trinajstić information content (AvgIpc) is 3.11. The Morgan fingerprint density at radius 1 is 1.12 bits per heavy atom. The summed E-state index contributed by atoms with van der Waals surface area (Å²) in [7, 11) is 1.52. The second-order valence-corrected chi connectivity index (χ2v) is 8.65. The smallest absolute Gasteiger partial charge is 0.283 e. The SMILES string of the molecule is COc1cc(/C=C2/C(=O)N(C(=O)c3ccccc3)N=C2C)cc(I)c1OCc1cccc(F)c1. The van der Waals surface area contributed by atoms with Crippen molar-refractivity contribution in [3.63, 3.8) is 0 Å². The van der Waals surface area contributed by atoms with E-state index in [-0.39, 0.29) is 12.4 Å². The Bertz CT molecular complexity index is 1320. The predicted octanol–water partition coefficient (Wildman–Crippen LogP) is 5.46. The molecule has 0 spiro atoms. The van der Waals surface area contributed by atoms with Gasteiger partial charge in [0.2, 0.25) is 0 Å². The van der Waals surface area contributed by atoms with E-state index in [1.165, 1.54) is 19.2 Å². The molecule has 4 rings (SSSR count). The highest BCUT2D eigenvalue weighted by molar-refractivity contribution is 14.1. The number of carbonyl (C=O) groups is 2. The first-order valence-corrected chi connectivity index (χ1v) is 11.4. The molecule has 0 saturated heterocycles. The molecule has 0 aromatic heterocycles. The summed E-state index contributed by atoms with van der Waals surface area (Å²) in [6.45, 7) is 1.85. The van der Waals surface area contributed by atoms with Crippen LogP contribution in [0.1, 0.15) is 28.4 Å². The van der Waals surface area contributed by atoms with E-state index in [2.05, 4.69) is 27.7 Å². The standard InChI is InChI=1S/C26H20FIN2O4/c1-16-21(26(32)30(29-16)25(31)19-8-4-3-5-9-19)12-18-13-22(28)24(23(14-18)33-2)34-15-17-7-6-10-20(27)11-17/h3-14H,15H2,1-2H3/b21-12+. The highest BCUT2D eigenvalue weighted by Gasteiger charge is 2.33. The minimum Gasteiger partial charge on any atom is -0.493 e. The molecule has 8 heteroatoms. The molecule has 0 N–H and O–H groups in total. The van der Waals surface area contributed by atoms with Crippen LogP contribution in [0.15, 0.2) is 77.4 Å². The molecule has 3 aromatic rings. The number of halogens is 2. The number of imide groups is 1. The van der Waals surface area contributed by atoms with Crippen LogP contribution in [-0.2, 0) is 11.4 Å². The van der Waals surface area contributed by atoms with Crippen LogP contribution < -0.4 is 9.47 Å². The molecule has 1 heterocycles. The fourth-order valence-electron chi connectivity index (χ4n) is 3.44. The minimum absolute atomic E-state index is 0.172. The molecule has 172 valence electrons. The number of ether oxygens (including phenoxy) is 2. The van der Waals surface area contributed by atoms with Gasteiger partial charge in [-0.05, 0) is 83.1 Å². The molecule has 1 aliphatic heterocycles. The zero-order chi connectivity index (χ0) is 24.2. The second kappa shape index (κ2) is 10.2. The molecule has 0 unspecified atom stereocenters. The molecule has 2 amide bonds. The number of nitrogens with zero attached hydrogens (tertiary/aromatic N) is 2. The number of rotatable bonds is 6. The van der Waals surface area contributed by atoms with Crippen LogP contribution in [0.5, 0.6) is 11.5 Å². The summed E-state index contributed by atoms with van der Waals surface area (Å²) in [4.78, 5) is 25.7. The van der Waals surface area contributed by atoms with Gasteiger partial charge in [-0.2, -0.15) is 10.1 Å². The molecule has 3 aromatic carbocycles. The zero-order valence-corrected chi connectivity index (χ0v) is 20.6. The maximum atomic E-state index is 13.5. The summed E-state index contributed by atoms with van der Waals surface area (Å²) in [6.07, 6.45) is 1.67. The van der Waals surface area contributed by atoms with Crippen LogP contribution in [0.3, 0.4) is 0 Å². The Kier molecular flexibility index (Phi) is 7.06. The van der Waals surface area contributed by atoms with Gasteiger partial charge in [-0.15, -0.1) is 0 Å². The van der Waals surface area contributed by atoms with E-state index < -0.39 is 11.8 Å². The second-order valence-electron chi connectivity index (χ2n) is 7.48. The van der Waals surface area contributed by atoms with Gasteiger partial charge < -0.3 is 9.47 Å². The number of carbonyl (C=O) groups excluding carboxylic acids is 2. The van der Waals surface area contributed by atoms with Crippen LogP contribution in [0.25, 0.3) is 6.08 Å². The third-order valence-corrected chi connectivity index (χ3v) is 5.91. The maximum absolute atomic E-state index is 13.5. The van der Waals surface area contributed by atoms with Gasteiger partial charge in [0.05, 0.1) is 22.0 Å². The van der Waals surface area contributed by atoms with Crippen LogP contribution >= 0.6 is 22.6 Å². The molecule has 0 aliphatic carbocycles. The van der Waals surface area contributed by atoms with Gasteiger partial charge in [-0.3, -0.25) is 9.59 Å². The molecule has 6 nitrogen and oxygen atoms in total. The highest BCUT2D eigenvalue weighted by Crippen LogP contribution is 2.35. The van der Waals surface area contributed by atoms with Crippen molar-refractivity contribution in [3.05, 3.63) is 98.4 Å². The average molecular weight is 570 g/mol. The van der Waals surface area contributed by atoms with Crippen molar-refractivity contribution in [2.75, 3.05) is 7.11 Å². The molecule has 34 heavy (non-hydrogen) atoms. The minimum atomic E-state index is -0.494. The maximum Gasteiger partial charge on any atom is 0.283 e. The first kappa shape index (κ1) is 23.6. The number of methoxy groups -OCH3 is 1. The molecule has 0 bridgehead atoms. The van der Waals surface area contributed by atoms with Crippen molar-refractivity contribution in [2.24, 2.45) is 5.10 Å². The van der Waals surface area contributed by atoms with E-state index in [9.17, 15) is 14.0 Å². The van der Waals surface area contributed by atoms with Gasteiger partial charge in [0.15, 0.2) is 11.5 Å². The Balaban J connectivity index is 1.58. The lowest BCUT2D eigenvalue weighted by molar-refractivity contribution is -0.123. The largest absolute Gasteiger partial charge is 0.493 e. The number of hydrogen-bond acceptors (Lipinski definition) is 5. The van der Waals surface area contributed by atoms with E-state index in [4.69, 9.17) is 9.47 Å². The quantitative estimate of drug-likeness (QED) is 0.224. The van der Waals surface area contributed by atoms with Gasteiger partial charge in [-0.25, -0.2) is 4.39 Å². The van der Waals surface area contributed by atoms with Crippen molar-refractivity contribution >= 4 is 46.2 Å². The molecule has 0 atom stereocenters. The van der Waals surface area contributed by atoms with Crippen molar-refractivity contribution in [1.82, 2.24) is 5.01 Å². The lowest BCUT2D eigenvalue weighted by Gasteiger charge is -2.14. The van der Waals surface area contributed by atoms with E-state index >= 15 is 0 Å². The fraction of sp³-hybridized carbons (Fsp3) is 0.115. The van der Waals surface area contributed by atoms with Crippen molar-refractivity contribution in [1.29, 1.82) is 0 Å². The van der Waals surface area contributed by atoms with Crippen LogP contribution in [0.2, 0.25) is 0 Å². The number of amides is 2. The summed E-state index contributed by atoms with van der Waals surface area (Å²) in [5.74, 6) is -0.331. The number of benzene rings is 3. The normalized spacial score (nSPS) is 14.4. The van der Waals surface area contributed by atoms with Gasteiger partial charge in [0.1, 0.15) is 12.4 Å². The topological polar surface area (TPSA) is 68.2 Å². The van der Waals surface area contributed by atoms with E-state index in [0.717, 1.165) is 8.58 Å². The van der Waals surface area contributed by atoms with Gasteiger partial charge in [0.25, 0.3) is 11.8 Å². The van der Waals surface area contributed by atoms with Gasteiger partial charge in [-0.1, -0.05) is 30.3 Å². The Morgan fingerprint density at radius 2 is 1.88 bits per heavy atom. The zero-order valence-electron chi connectivity index (χ0n) is 18.4. The van der Waals surface area contributed by atoms with Crippen molar-refractivity contribution in [3.8, 4) is 11.5 Å². The summed E-state index contributed by atoms with van der Waals surface area (Å²) in [5, 5.41) is 5.05. The first-order valence-electron chi connectivity index (χ1n) is 10.3. The van der Waals surface area contributed by atoms with Crippen LogP contribution in [0.4, 0.5) is 4.39 Å². The fourth-order valence-corrected chi connectivity index (χ4v) is 4.22. The predicted molar refractivity (Wildman–Crippen MR) is 135 cm³/mol. The summed E-state index contributed by atoms with van der Waals surface area (Å²) in [6, 6.07) is 18.3. The van der Waals surface area contributed by atoms with Crippen LogP contribution in [0, 0.1) is 9.39 Å². The van der Waals surface area contributed by atoms with Gasteiger partial charge in [0, 0.05) is 5.56 Å². The molecular formula is C26H20FIN2O4. The Labute approximate surface area is 209 Å². The van der Waals surface area contributed by atoms with Crippen molar-refractivity contribution in [2.45, 2.75) is 13.5 Å². The number of hydrazone groups is 1. The lowest BCUT2D eigenvalue weighted by Crippen LogP contribution is -2.29. The summed E-state index contributed by atoms with van der Waals surface area (Å²) < 4.78 is 25.6. The van der Waals surface area contributed by atoms with Crippen LogP contribution in [-0.4, -0.2) is 29.6 Å². The molecule has 0 radical (unpaired) electrons. The third kappa shape index (κ3) is 5.01. The summed E-state index contributed by atoms with van der Waals surface area (Å²) >= 11 is 2.12. The molecular weight excluding hydrogens is 550 g/mol. The Hall–Kier alpha value is -3.53. The Morgan fingerprint density at radius 3 is 2.59 bits per heavy atom.